The molecule has 30 heavy (non-hydrogen) atoms. The predicted molar refractivity (Wildman–Crippen MR) is 106 cm³/mol. The van der Waals surface area contributed by atoms with Gasteiger partial charge in [0.05, 0.1) is 11.8 Å². The molecule has 0 spiro atoms. The van der Waals surface area contributed by atoms with Crippen molar-refractivity contribution < 1.29 is 22.5 Å². The zero-order chi connectivity index (χ0) is 21.3. The average Bonchev–Trinajstić information content (AvgIpc) is 3.38. The maximum Gasteiger partial charge on any atom is 0.416 e. The van der Waals surface area contributed by atoms with E-state index in [4.69, 9.17) is 4.52 Å². The van der Waals surface area contributed by atoms with Crippen molar-refractivity contribution in [3.63, 3.8) is 0 Å². The second-order valence-corrected chi connectivity index (χ2v) is 7.74. The van der Waals surface area contributed by atoms with E-state index in [1.54, 1.807) is 4.90 Å². The number of hydrogen-bond acceptors (Lipinski definition) is 3. The van der Waals surface area contributed by atoms with Crippen LogP contribution in [0.2, 0.25) is 0 Å². The molecule has 1 amide bonds. The van der Waals surface area contributed by atoms with Gasteiger partial charge in [0.25, 0.3) is 5.91 Å². The molecular formula is C23H21F3N2O2. The summed E-state index contributed by atoms with van der Waals surface area (Å²) in [5.74, 6) is 0.515. The number of nitrogens with zero attached hydrogens (tertiary/aromatic N) is 2. The van der Waals surface area contributed by atoms with Crippen LogP contribution in [0.1, 0.15) is 33.5 Å². The van der Waals surface area contributed by atoms with Crippen LogP contribution >= 0.6 is 0 Å². The van der Waals surface area contributed by atoms with Crippen LogP contribution in [0.25, 0.3) is 11.3 Å². The van der Waals surface area contributed by atoms with E-state index < -0.39 is 11.7 Å². The van der Waals surface area contributed by atoms with E-state index in [1.807, 2.05) is 31.2 Å². The molecule has 4 rings (SSSR count). The van der Waals surface area contributed by atoms with E-state index in [2.05, 4.69) is 5.16 Å². The van der Waals surface area contributed by atoms with Gasteiger partial charge in [0.15, 0.2) is 5.76 Å². The Morgan fingerprint density at radius 3 is 2.50 bits per heavy atom. The summed E-state index contributed by atoms with van der Waals surface area (Å²) in [7, 11) is 0. The SMILES string of the molecule is Cc1ccc(-c2oncc2C(=O)N2CCC(Cc3ccc(C(F)(F)F)cc3)C2)cc1. The summed E-state index contributed by atoms with van der Waals surface area (Å²) >= 11 is 0. The second-order valence-electron chi connectivity index (χ2n) is 7.74. The summed E-state index contributed by atoms with van der Waals surface area (Å²) in [5, 5.41) is 3.81. The number of rotatable bonds is 4. The van der Waals surface area contributed by atoms with Gasteiger partial charge in [-0.05, 0) is 43.4 Å². The summed E-state index contributed by atoms with van der Waals surface area (Å²) in [4.78, 5) is 14.8. The summed E-state index contributed by atoms with van der Waals surface area (Å²) in [6.45, 7) is 3.14. The summed E-state index contributed by atoms with van der Waals surface area (Å²) in [5.41, 5.74) is 2.52. The van der Waals surface area contributed by atoms with Gasteiger partial charge in [-0.3, -0.25) is 4.79 Å². The van der Waals surface area contributed by atoms with Gasteiger partial charge >= 0.3 is 6.18 Å². The molecule has 2 aromatic carbocycles. The fourth-order valence-corrected chi connectivity index (χ4v) is 3.82. The number of alkyl halides is 3. The third-order valence-corrected chi connectivity index (χ3v) is 5.49. The number of aromatic nitrogens is 1. The van der Waals surface area contributed by atoms with Crippen molar-refractivity contribution in [2.24, 2.45) is 5.92 Å². The molecule has 0 bridgehead atoms. The van der Waals surface area contributed by atoms with Crippen LogP contribution < -0.4 is 0 Å². The Kier molecular flexibility index (Phi) is 5.37. The van der Waals surface area contributed by atoms with Gasteiger partial charge in [-0.1, -0.05) is 47.1 Å². The third-order valence-electron chi connectivity index (χ3n) is 5.49. The maximum atomic E-state index is 13.0. The molecule has 1 aliphatic rings. The monoisotopic (exact) mass is 414 g/mol. The molecule has 0 N–H and O–H groups in total. The molecule has 0 saturated carbocycles. The molecule has 1 aliphatic heterocycles. The molecule has 1 atom stereocenters. The standard InChI is InChI=1S/C23H21F3N2O2/c1-15-2-6-18(7-3-15)21-20(13-27-30-21)22(29)28-11-10-17(14-28)12-16-4-8-19(9-5-16)23(24,25)26/h2-9,13,17H,10-12,14H2,1H3. The van der Waals surface area contributed by atoms with Gasteiger partial charge in [-0.15, -0.1) is 0 Å². The lowest BCUT2D eigenvalue weighted by atomic mass is 9.98. The molecule has 0 radical (unpaired) electrons. The molecule has 2 heterocycles. The number of benzene rings is 2. The van der Waals surface area contributed by atoms with E-state index in [1.165, 1.54) is 18.3 Å². The van der Waals surface area contributed by atoms with E-state index in [0.717, 1.165) is 35.2 Å². The van der Waals surface area contributed by atoms with Crippen LogP contribution in [0.5, 0.6) is 0 Å². The lowest BCUT2D eigenvalue weighted by molar-refractivity contribution is -0.137. The minimum atomic E-state index is -4.33. The highest BCUT2D eigenvalue weighted by Gasteiger charge is 2.31. The Bertz CT molecular complexity index is 1020. The van der Waals surface area contributed by atoms with Crippen LogP contribution in [0, 0.1) is 12.8 Å². The average molecular weight is 414 g/mol. The van der Waals surface area contributed by atoms with Crippen LogP contribution in [0.4, 0.5) is 13.2 Å². The highest BCUT2D eigenvalue weighted by molar-refractivity contribution is 5.99. The van der Waals surface area contributed by atoms with E-state index in [-0.39, 0.29) is 11.8 Å². The van der Waals surface area contributed by atoms with Crippen molar-refractivity contribution in [2.45, 2.75) is 25.9 Å². The lowest BCUT2D eigenvalue weighted by Gasteiger charge is -2.16. The Balaban J connectivity index is 1.42. The number of amides is 1. The van der Waals surface area contributed by atoms with Crippen molar-refractivity contribution in [3.05, 3.63) is 77.0 Å². The number of hydrogen-bond donors (Lipinski definition) is 0. The highest BCUT2D eigenvalue weighted by Crippen LogP contribution is 2.31. The Hall–Kier alpha value is -3.09. The largest absolute Gasteiger partial charge is 0.416 e. The lowest BCUT2D eigenvalue weighted by Crippen LogP contribution is -2.29. The number of carbonyl (C=O) groups is 1. The summed E-state index contributed by atoms with van der Waals surface area (Å²) < 4.78 is 43.5. The van der Waals surface area contributed by atoms with Crippen LogP contribution in [0.15, 0.2) is 59.3 Å². The Morgan fingerprint density at radius 1 is 1.13 bits per heavy atom. The first-order chi connectivity index (χ1) is 14.3. The summed E-state index contributed by atoms with van der Waals surface area (Å²) in [6.07, 6.45) is -1.45. The first-order valence-electron chi connectivity index (χ1n) is 9.78. The first-order valence-corrected chi connectivity index (χ1v) is 9.78. The quantitative estimate of drug-likeness (QED) is 0.576. The van der Waals surface area contributed by atoms with E-state index >= 15 is 0 Å². The van der Waals surface area contributed by atoms with Crippen molar-refractivity contribution in [3.8, 4) is 11.3 Å². The number of aryl methyl sites for hydroxylation is 1. The van der Waals surface area contributed by atoms with Gasteiger partial charge in [0.2, 0.25) is 0 Å². The smallest absolute Gasteiger partial charge is 0.355 e. The molecule has 1 saturated heterocycles. The molecule has 0 aliphatic carbocycles. The fourth-order valence-electron chi connectivity index (χ4n) is 3.82. The van der Waals surface area contributed by atoms with E-state index in [9.17, 15) is 18.0 Å². The highest BCUT2D eigenvalue weighted by atomic mass is 19.4. The fraction of sp³-hybridized carbons (Fsp3) is 0.304. The number of halogens is 3. The molecule has 7 heteroatoms. The van der Waals surface area contributed by atoms with Gasteiger partial charge < -0.3 is 9.42 Å². The molecular weight excluding hydrogens is 393 g/mol. The van der Waals surface area contributed by atoms with Gasteiger partial charge in [0.1, 0.15) is 5.56 Å². The molecule has 4 nitrogen and oxygen atoms in total. The van der Waals surface area contributed by atoms with Crippen molar-refractivity contribution in [1.82, 2.24) is 10.1 Å². The second kappa shape index (κ2) is 7.97. The minimum absolute atomic E-state index is 0.137. The number of likely N-dealkylation sites (tertiary alicyclic amines) is 1. The topological polar surface area (TPSA) is 46.3 Å². The van der Waals surface area contributed by atoms with Gasteiger partial charge in [-0.25, -0.2) is 0 Å². The molecule has 3 aromatic rings. The molecule has 1 unspecified atom stereocenters. The van der Waals surface area contributed by atoms with E-state index in [0.29, 0.717) is 30.8 Å². The zero-order valence-electron chi connectivity index (χ0n) is 16.4. The van der Waals surface area contributed by atoms with Gasteiger partial charge in [-0.2, -0.15) is 13.2 Å². The molecule has 1 aromatic heterocycles. The first kappa shape index (κ1) is 20.2. The van der Waals surface area contributed by atoms with Crippen molar-refractivity contribution in [2.75, 3.05) is 13.1 Å². The van der Waals surface area contributed by atoms with Crippen LogP contribution in [-0.4, -0.2) is 29.1 Å². The normalized spacial score (nSPS) is 16.8. The predicted octanol–water partition coefficient (Wildman–Crippen LogP) is 5.37. The van der Waals surface area contributed by atoms with Crippen molar-refractivity contribution >= 4 is 5.91 Å². The van der Waals surface area contributed by atoms with Crippen LogP contribution in [-0.2, 0) is 12.6 Å². The minimum Gasteiger partial charge on any atom is -0.355 e. The molecule has 1 fully saturated rings. The molecule has 156 valence electrons. The summed E-state index contributed by atoms with van der Waals surface area (Å²) in [6, 6.07) is 12.9. The van der Waals surface area contributed by atoms with Crippen molar-refractivity contribution in [1.29, 1.82) is 0 Å². The maximum absolute atomic E-state index is 13.0. The number of carbonyl (C=O) groups excluding carboxylic acids is 1. The van der Waals surface area contributed by atoms with Gasteiger partial charge in [0, 0.05) is 18.7 Å². The Labute approximate surface area is 172 Å². The van der Waals surface area contributed by atoms with Crippen LogP contribution in [0.3, 0.4) is 0 Å². The Morgan fingerprint density at radius 2 is 1.83 bits per heavy atom. The zero-order valence-corrected chi connectivity index (χ0v) is 16.4. The third kappa shape index (κ3) is 4.25.